The van der Waals surface area contributed by atoms with Crippen molar-refractivity contribution in [1.82, 2.24) is 5.32 Å². The van der Waals surface area contributed by atoms with Crippen LogP contribution < -0.4 is 5.32 Å². The third-order valence-electron chi connectivity index (χ3n) is 14.1. The number of rotatable bonds is 8. The van der Waals surface area contributed by atoms with Crippen molar-refractivity contribution < 1.29 is 48.9 Å². The van der Waals surface area contributed by atoms with Crippen LogP contribution in [0.25, 0.3) is 0 Å². The summed E-state index contributed by atoms with van der Waals surface area (Å²) >= 11 is 0. The highest BCUT2D eigenvalue weighted by Crippen LogP contribution is 2.67. The summed E-state index contributed by atoms with van der Waals surface area (Å²) in [5.41, 5.74) is -0.532. The van der Waals surface area contributed by atoms with E-state index >= 15 is 0 Å². The lowest BCUT2D eigenvalue weighted by Gasteiger charge is -2.60. The molecule has 0 aromatic carbocycles. The average molecular weight is 708 g/mol. The molecule has 15 atom stereocenters. The zero-order chi connectivity index (χ0) is 36.6. The lowest BCUT2D eigenvalue weighted by Crippen LogP contribution is -2.66. The number of ether oxygens (including phenoxy) is 5. The number of carbonyl (C=O) groups is 1. The summed E-state index contributed by atoms with van der Waals surface area (Å²) in [5.74, 6) is 0.485. The second-order valence-electron chi connectivity index (χ2n) is 18.5. The normalized spacial score (nSPS) is 48.2. The average Bonchev–Trinajstić information content (AvgIpc) is 3.37. The number of hydrogen-bond donors (Lipinski definition) is 5. The van der Waals surface area contributed by atoms with Gasteiger partial charge in [0.15, 0.2) is 6.29 Å². The van der Waals surface area contributed by atoms with Gasteiger partial charge in [-0.05, 0) is 108 Å². The lowest BCUT2D eigenvalue weighted by molar-refractivity contribution is -0.316. The van der Waals surface area contributed by atoms with Crippen molar-refractivity contribution >= 4 is 5.91 Å². The highest BCUT2D eigenvalue weighted by Gasteiger charge is 2.65. The van der Waals surface area contributed by atoms with Gasteiger partial charge in [-0.1, -0.05) is 32.4 Å². The molecule has 1 amide bonds. The van der Waals surface area contributed by atoms with Crippen LogP contribution in [0.1, 0.15) is 113 Å². The number of methoxy groups -OCH3 is 1. The molecule has 0 spiro atoms. The van der Waals surface area contributed by atoms with Crippen LogP contribution in [0.2, 0.25) is 0 Å². The monoisotopic (exact) mass is 707 g/mol. The van der Waals surface area contributed by atoms with Crippen LogP contribution in [0.15, 0.2) is 11.6 Å². The molecule has 50 heavy (non-hydrogen) atoms. The van der Waals surface area contributed by atoms with Crippen molar-refractivity contribution in [3.8, 4) is 0 Å². The van der Waals surface area contributed by atoms with Crippen molar-refractivity contribution in [3.63, 3.8) is 0 Å². The van der Waals surface area contributed by atoms with Gasteiger partial charge in [0.2, 0.25) is 5.91 Å². The highest BCUT2D eigenvalue weighted by molar-refractivity contribution is 5.73. The molecular weight excluding hydrogens is 642 g/mol. The van der Waals surface area contributed by atoms with Gasteiger partial charge in [-0.2, -0.15) is 0 Å². The first-order chi connectivity index (χ1) is 23.2. The molecule has 0 aromatic rings. The first-order valence-corrected chi connectivity index (χ1v) is 19.1. The summed E-state index contributed by atoms with van der Waals surface area (Å²) in [5, 5.41) is 46.7. The molecule has 6 rings (SSSR count). The number of nitrogens with one attached hydrogen (secondary N) is 1. The second kappa shape index (κ2) is 13.6. The number of allylic oxidation sites excluding steroid dienone is 1. The Morgan fingerprint density at radius 1 is 0.940 bits per heavy atom. The molecule has 286 valence electrons. The number of hydrogen-bond acceptors (Lipinski definition) is 10. The van der Waals surface area contributed by atoms with E-state index in [0.29, 0.717) is 18.3 Å². The van der Waals surface area contributed by atoms with Crippen molar-refractivity contribution in [3.05, 3.63) is 11.6 Å². The molecule has 11 heteroatoms. The zero-order valence-corrected chi connectivity index (χ0v) is 31.8. The highest BCUT2D eigenvalue weighted by atomic mass is 16.7. The van der Waals surface area contributed by atoms with E-state index in [2.05, 4.69) is 32.2 Å². The predicted octanol–water partition coefficient (Wildman–Crippen LogP) is 3.78. The number of aliphatic hydroxyl groups is 4. The smallest absolute Gasteiger partial charge is 0.217 e. The summed E-state index contributed by atoms with van der Waals surface area (Å²) in [6, 6.07) is -0.959. The molecule has 0 bridgehead atoms. The Morgan fingerprint density at radius 2 is 1.64 bits per heavy atom. The quantitative estimate of drug-likeness (QED) is 0.236. The molecule has 0 radical (unpaired) electrons. The van der Waals surface area contributed by atoms with Crippen molar-refractivity contribution in [1.29, 1.82) is 0 Å². The van der Waals surface area contributed by atoms with E-state index in [1.807, 2.05) is 27.7 Å². The summed E-state index contributed by atoms with van der Waals surface area (Å²) in [4.78, 5) is 12.0. The Labute approximate surface area is 298 Å². The zero-order valence-electron chi connectivity index (χ0n) is 31.8. The fraction of sp³-hybridized carbons (Fsp3) is 0.923. The van der Waals surface area contributed by atoms with E-state index in [1.165, 1.54) is 19.6 Å². The molecule has 5 fully saturated rings. The van der Waals surface area contributed by atoms with E-state index in [-0.39, 0.29) is 53.2 Å². The summed E-state index contributed by atoms with van der Waals surface area (Å²) in [6.07, 6.45) is 5.08. The minimum atomic E-state index is -1.29. The molecule has 0 unspecified atom stereocenters. The van der Waals surface area contributed by atoms with Gasteiger partial charge in [0.25, 0.3) is 0 Å². The number of fused-ring (bicyclic) bond motifs is 4. The van der Waals surface area contributed by atoms with Gasteiger partial charge in [-0.3, -0.25) is 4.79 Å². The van der Waals surface area contributed by atoms with Crippen molar-refractivity contribution in [2.45, 2.75) is 186 Å². The van der Waals surface area contributed by atoms with Crippen LogP contribution in [-0.2, 0) is 28.5 Å². The van der Waals surface area contributed by atoms with E-state index in [9.17, 15) is 25.2 Å². The van der Waals surface area contributed by atoms with E-state index in [4.69, 9.17) is 23.7 Å². The topological polar surface area (TPSA) is 156 Å². The maximum absolute atomic E-state index is 12.0. The molecular formula is C39H65NO10. The van der Waals surface area contributed by atoms with E-state index in [0.717, 1.165) is 51.4 Å². The third kappa shape index (κ3) is 6.74. The van der Waals surface area contributed by atoms with Gasteiger partial charge in [0, 0.05) is 19.4 Å². The predicted molar refractivity (Wildman–Crippen MR) is 186 cm³/mol. The summed E-state index contributed by atoms with van der Waals surface area (Å²) in [6.45, 7) is 16.0. The first kappa shape index (κ1) is 38.6. The Hall–Kier alpha value is -1.15. The third-order valence-corrected chi connectivity index (χ3v) is 14.1. The minimum absolute atomic E-state index is 0.00862. The van der Waals surface area contributed by atoms with Gasteiger partial charge < -0.3 is 49.4 Å². The molecule has 0 aromatic heterocycles. The van der Waals surface area contributed by atoms with Gasteiger partial charge in [-0.15, -0.1) is 0 Å². The standard InChI is InChI=1S/C39H65NO10/c1-21(41)40-30-32(44)31(43)25(20-46-9)47-34(30)50-36(4,5)28-14-16-37(6)18-22(10-13-29(37)48-28)23-11-12-26-38(7)17-15-27(35(2,3)45)49-33(38)24(42)19-39(23,26)8/h18,23-34,42-45H,10-17,19-20H2,1-9H3,(H,40,41)/t23-,24-,25-,26-,27-,28-,29-,30+,31+,32+,33-,34+,37+,38-,39+/m0/s1. The Kier molecular flexibility index (Phi) is 10.5. The number of amides is 1. The van der Waals surface area contributed by atoms with Gasteiger partial charge in [0.05, 0.1) is 48.3 Å². The molecule has 3 aliphatic heterocycles. The lowest BCUT2D eigenvalue weighted by atomic mass is 9.50. The number of aliphatic hydroxyl groups excluding tert-OH is 3. The van der Waals surface area contributed by atoms with Crippen molar-refractivity contribution in [2.75, 3.05) is 13.7 Å². The number of carbonyl (C=O) groups excluding carboxylic acids is 1. The van der Waals surface area contributed by atoms with E-state index < -0.39 is 47.9 Å². The first-order valence-electron chi connectivity index (χ1n) is 19.1. The van der Waals surface area contributed by atoms with Crippen LogP contribution in [0, 0.1) is 28.1 Å². The Balaban J connectivity index is 1.15. The fourth-order valence-electron chi connectivity index (χ4n) is 11.4. The maximum Gasteiger partial charge on any atom is 0.217 e. The molecule has 2 saturated carbocycles. The molecule has 3 saturated heterocycles. The minimum Gasteiger partial charge on any atom is -0.390 e. The van der Waals surface area contributed by atoms with Crippen LogP contribution >= 0.6 is 0 Å². The molecule has 3 aliphatic carbocycles. The Morgan fingerprint density at radius 3 is 2.30 bits per heavy atom. The van der Waals surface area contributed by atoms with Crippen LogP contribution in [0.3, 0.4) is 0 Å². The summed E-state index contributed by atoms with van der Waals surface area (Å²) in [7, 11) is 1.50. The van der Waals surface area contributed by atoms with Crippen LogP contribution in [-0.4, -0.2) is 112 Å². The van der Waals surface area contributed by atoms with Gasteiger partial charge in [-0.25, -0.2) is 0 Å². The van der Waals surface area contributed by atoms with Crippen LogP contribution in [0.4, 0.5) is 0 Å². The molecule has 6 aliphatic rings. The molecule has 11 nitrogen and oxygen atoms in total. The SMILES string of the molecule is COC[C@@H]1O[C@H](OC(C)(C)[C@@H]2CC[C@]3(C)C=C([C@@H]4CC[C@@H]5[C@]4(C)C[C@H](O)[C@@H]4O[C@H](C(C)(C)O)CC[C@@]54C)CC[C@@H]3O2)[C@H](NC(C)=O)[C@@H](O)[C@@H]1O. The van der Waals surface area contributed by atoms with E-state index in [1.54, 1.807) is 0 Å². The van der Waals surface area contributed by atoms with Crippen molar-refractivity contribution in [2.24, 2.45) is 28.1 Å². The molecule has 5 N–H and O–H groups in total. The molecule has 3 heterocycles. The Bertz CT molecular complexity index is 1280. The van der Waals surface area contributed by atoms with Crippen LogP contribution in [0.5, 0.6) is 0 Å². The summed E-state index contributed by atoms with van der Waals surface area (Å²) < 4.78 is 31.3. The van der Waals surface area contributed by atoms with Gasteiger partial charge in [0.1, 0.15) is 24.4 Å². The van der Waals surface area contributed by atoms with Gasteiger partial charge >= 0.3 is 0 Å². The maximum atomic E-state index is 12.0. The fourth-order valence-corrected chi connectivity index (χ4v) is 11.4. The second-order valence-corrected chi connectivity index (χ2v) is 18.5. The largest absolute Gasteiger partial charge is 0.390 e.